The van der Waals surface area contributed by atoms with Gasteiger partial charge in [0.15, 0.2) is 0 Å². The predicted octanol–water partition coefficient (Wildman–Crippen LogP) is 1.99. The second kappa shape index (κ2) is 7.44. The second-order valence-corrected chi connectivity index (χ2v) is 5.49. The van der Waals surface area contributed by atoms with Gasteiger partial charge >= 0.3 is 11.9 Å². The van der Waals surface area contributed by atoms with Gasteiger partial charge in [-0.1, -0.05) is 11.6 Å². The van der Waals surface area contributed by atoms with Gasteiger partial charge in [-0.2, -0.15) is 0 Å². The zero-order valence-electron chi connectivity index (χ0n) is 10.1. The van der Waals surface area contributed by atoms with Crippen LogP contribution in [0.5, 0.6) is 0 Å². The molecule has 1 unspecified atom stereocenters. The summed E-state index contributed by atoms with van der Waals surface area (Å²) in [4.78, 5) is 33.3. The monoisotopic (exact) mass is 411 g/mol. The van der Waals surface area contributed by atoms with Gasteiger partial charge in [-0.25, -0.2) is 4.79 Å². The SMILES string of the molecule is O=C(O)CCC(NC(=O)c1ccc(I)c(Cl)c1)C(=O)O. The van der Waals surface area contributed by atoms with Crippen molar-refractivity contribution in [2.45, 2.75) is 18.9 Å². The molecule has 0 aliphatic rings. The van der Waals surface area contributed by atoms with Gasteiger partial charge in [0.2, 0.25) is 0 Å². The van der Waals surface area contributed by atoms with E-state index in [2.05, 4.69) is 5.32 Å². The molecule has 3 N–H and O–H groups in total. The number of rotatable bonds is 6. The van der Waals surface area contributed by atoms with Crippen LogP contribution in [0.25, 0.3) is 0 Å². The van der Waals surface area contributed by atoms with Gasteiger partial charge in [-0.15, -0.1) is 0 Å². The lowest BCUT2D eigenvalue weighted by atomic mass is 10.1. The van der Waals surface area contributed by atoms with Gasteiger partial charge in [-0.05, 0) is 47.2 Å². The van der Waals surface area contributed by atoms with E-state index in [-0.39, 0.29) is 18.4 Å². The van der Waals surface area contributed by atoms with E-state index >= 15 is 0 Å². The van der Waals surface area contributed by atoms with Crippen molar-refractivity contribution in [3.05, 3.63) is 32.4 Å². The molecule has 1 aromatic rings. The van der Waals surface area contributed by atoms with E-state index in [1.165, 1.54) is 12.1 Å². The van der Waals surface area contributed by atoms with E-state index in [1.54, 1.807) is 6.07 Å². The molecule has 0 saturated heterocycles. The maximum absolute atomic E-state index is 11.9. The molecule has 1 aromatic carbocycles. The van der Waals surface area contributed by atoms with Crippen molar-refractivity contribution in [1.29, 1.82) is 0 Å². The average molecular weight is 412 g/mol. The van der Waals surface area contributed by atoms with E-state index in [9.17, 15) is 14.4 Å². The molecule has 0 aliphatic carbocycles. The summed E-state index contributed by atoms with van der Waals surface area (Å²) in [7, 11) is 0. The highest BCUT2D eigenvalue weighted by atomic mass is 127. The van der Waals surface area contributed by atoms with Crippen molar-refractivity contribution in [2.75, 3.05) is 0 Å². The van der Waals surface area contributed by atoms with Crippen LogP contribution in [0.3, 0.4) is 0 Å². The Balaban J connectivity index is 2.77. The summed E-state index contributed by atoms with van der Waals surface area (Å²) in [6.45, 7) is 0. The third-order valence-corrected chi connectivity index (χ3v) is 4.00. The molecule has 0 saturated carbocycles. The number of benzene rings is 1. The number of nitrogens with one attached hydrogen (secondary N) is 1. The first-order chi connectivity index (χ1) is 9.31. The summed E-state index contributed by atoms with van der Waals surface area (Å²) in [5.74, 6) is -3.01. The Labute approximate surface area is 133 Å². The van der Waals surface area contributed by atoms with E-state index in [1.807, 2.05) is 22.6 Å². The number of carbonyl (C=O) groups is 3. The fourth-order valence-corrected chi connectivity index (χ4v) is 1.92. The van der Waals surface area contributed by atoms with E-state index in [0.717, 1.165) is 3.57 Å². The zero-order chi connectivity index (χ0) is 15.3. The molecule has 20 heavy (non-hydrogen) atoms. The fraction of sp³-hybridized carbons (Fsp3) is 0.250. The van der Waals surface area contributed by atoms with Crippen LogP contribution in [0.4, 0.5) is 0 Å². The first-order valence-corrected chi connectivity index (χ1v) is 6.97. The molecule has 1 amide bonds. The molecule has 8 heteroatoms. The van der Waals surface area contributed by atoms with E-state index in [0.29, 0.717) is 5.02 Å². The minimum absolute atomic E-state index is 0.186. The molecule has 0 aromatic heterocycles. The summed E-state index contributed by atoms with van der Waals surface area (Å²) in [5.41, 5.74) is 0.219. The van der Waals surface area contributed by atoms with Crippen LogP contribution in [-0.4, -0.2) is 34.1 Å². The lowest BCUT2D eigenvalue weighted by Gasteiger charge is -2.13. The Morgan fingerprint density at radius 3 is 2.45 bits per heavy atom. The number of halogens is 2. The molecule has 0 spiro atoms. The van der Waals surface area contributed by atoms with Gasteiger partial charge in [-0.3, -0.25) is 9.59 Å². The molecule has 1 atom stereocenters. The smallest absolute Gasteiger partial charge is 0.326 e. The van der Waals surface area contributed by atoms with E-state index in [4.69, 9.17) is 21.8 Å². The molecular weight excluding hydrogens is 400 g/mol. The van der Waals surface area contributed by atoms with Gasteiger partial charge in [0.25, 0.3) is 5.91 Å². The Hall–Kier alpha value is -1.35. The van der Waals surface area contributed by atoms with Gasteiger partial charge in [0.1, 0.15) is 6.04 Å². The van der Waals surface area contributed by atoms with Crippen LogP contribution in [0.1, 0.15) is 23.2 Å². The highest BCUT2D eigenvalue weighted by Crippen LogP contribution is 2.19. The topological polar surface area (TPSA) is 104 Å². The molecular formula is C12H11ClINO5. The molecule has 0 bridgehead atoms. The Morgan fingerprint density at radius 1 is 1.30 bits per heavy atom. The van der Waals surface area contributed by atoms with Crippen LogP contribution >= 0.6 is 34.2 Å². The molecule has 0 fully saturated rings. The van der Waals surface area contributed by atoms with Crippen LogP contribution in [0.2, 0.25) is 5.02 Å². The summed E-state index contributed by atoms with van der Waals surface area (Å²) in [6.07, 6.45) is -0.529. The summed E-state index contributed by atoms with van der Waals surface area (Å²) < 4.78 is 0.765. The first kappa shape index (κ1) is 16.7. The van der Waals surface area contributed by atoms with Crippen LogP contribution < -0.4 is 5.32 Å². The number of carboxylic acid groups (broad SMARTS) is 2. The molecule has 0 heterocycles. The van der Waals surface area contributed by atoms with E-state index < -0.39 is 23.9 Å². The molecule has 1 rings (SSSR count). The number of carboxylic acids is 2. The van der Waals surface area contributed by atoms with Crippen molar-refractivity contribution < 1.29 is 24.6 Å². The number of hydrogen-bond acceptors (Lipinski definition) is 3. The number of hydrogen-bond donors (Lipinski definition) is 3. The van der Waals surface area contributed by atoms with Crippen molar-refractivity contribution in [3.8, 4) is 0 Å². The third-order valence-electron chi connectivity index (χ3n) is 2.43. The highest BCUT2D eigenvalue weighted by molar-refractivity contribution is 14.1. The summed E-state index contributed by atoms with van der Waals surface area (Å²) in [6, 6.07) is 3.32. The highest BCUT2D eigenvalue weighted by Gasteiger charge is 2.21. The fourth-order valence-electron chi connectivity index (χ4n) is 1.40. The maximum atomic E-state index is 11.9. The van der Waals surface area contributed by atoms with Crippen molar-refractivity contribution in [1.82, 2.24) is 5.32 Å². The zero-order valence-corrected chi connectivity index (χ0v) is 13.0. The lowest BCUT2D eigenvalue weighted by Crippen LogP contribution is -2.41. The molecule has 108 valence electrons. The minimum atomic E-state index is -1.28. The molecule has 0 radical (unpaired) electrons. The standard InChI is InChI=1S/C12H11ClINO5/c13-7-5-6(1-2-8(7)14)11(18)15-9(12(19)20)3-4-10(16)17/h1-2,5,9H,3-4H2,(H,15,18)(H,16,17)(H,19,20). The number of amides is 1. The number of carbonyl (C=O) groups excluding carboxylic acids is 1. The van der Waals surface area contributed by atoms with Crippen molar-refractivity contribution in [2.24, 2.45) is 0 Å². The van der Waals surface area contributed by atoms with Crippen LogP contribution in [-0.2, 0) is 9.59 Å². The maximum Gasteiger partial charge on any atom is 0.326 e. The first-order valence-electron chi connectivity index (χ1n) is 5.51. The number of aliphatic carboxylic acids is 2. The molecule has 0 aliphatic heterocycles. The van der Waals surface area contributed by atoms with Crippen LogP contribution in [0, 0.1) is 3.57 Å². The van der Waals surface area contributed by atoms with Gasteiger partial charge < -0.3 is 15.5 Å². The second-order valence-electron chi connectivity index (χ2n) is 3.93. The molecule has 6 nitrogen and oxygen atoms in total. The van der Waals surface area contributed by atoms with Crippen LogP contribution in [0.15, 0.2) is 18.2 Å². The quantitative estimate of drug-likeness (QED) is 0.621. The van der Waals surface area contributed by atoms with Crippen molar-refractivity contribution in [3.63, 3.8) is 0 Å². The minimum Gasteiger partial charge on any atom is -0.481 e. The Morgan fingerprint density at radius 2 is 1.95 bits per heavy atom. The predicted molar refractivity (Wildman–Crippen MR) is 79.9 cm³/mol. The lowest BCUT2D eigenvalue weighted by molar-refractivity contribution is -0.140. The summed E-state index contributed by atoms with van der Waals surface area (Å²) >= 11 is 7.88. The Kier molecular flexibility index (Phi) is 6.21. The van der Waals surface area contributed by atoms with Crippen molar-refractivity contribution >= 4 is 52.0 Å². The Bertz CT molecular complexity index is 549. The average Bonchev–Trinajstić information content (AvgIpc) is 2.36. The largest absolute Gasteiger partial charge is 0.481 e. The van der Waals surface area contributed by atoms with Gasteiger partial charge in [0.05, 0.1) is 5.02 Å². The summed E-state index contributed by atoms with van der Waals surface area (Å²) in [5, 5.41) is 20.1. The normalized spacial score (nSPS) is 11.7. The third kappa shape index (κ3) is 4.97. The van der Waals surface area contributed by atoms with Gasteiger partial charge in [0, 0.05) is 15.6 Å².